The van der Waals surface area contributed by atoms with Crippen LogP contribution >= 0.6 is 0 Å². The highest BCUT2D eigenvalue weighted by Gasteiger charge is 2.58. The van der Waals surface area contributed by atoms with E-state index in [1.54, 1.807) is 29.8 Å². The average molecular weight is 800 g/mol. The van der Waals surface area contributed by atoms with Crippen molar-refractivity contribution in [2.24, 2.45) is 17.8 Å². The van der Waals surface area contributed by atoms with Crippen LogP contribution in [0.25, 0.3) is 11.4 Å². The second-order valence-corrected chi connectivity index (χ2v) is 17.0. The number of nitrogens with zero attached hydrogens (tertiary/aromatic N) is 6. The minimum absolute atomic E-state index is 0.0165. The second kappa shape index (κ2) is 18.6. The van der Waals surface area contributed by atoms with Crippen LogP contribution in [-0.2, 0) is 39.8 Å². The first kappa shape index (κ1) is 44.6. The van der Waals surface area contributed by atoms with E-state index in [2.05, 4.69) is 27.5 Å². The molecule has 2 aromatic heterocycles. The fourth-order valence-electron chi connectivity index (χ4n) is 9.10. The molecule has 0 saturated carbocycles. The number of methoxy groups -OCH3 is 1. The normalized spacial score (nSPS) is 37.3. The molecule has 3 saturated heterocycles. The number of aryl methyl sites for hydroxylation is 1. The van der Waals surface area contributed by atoms with Gasteiger partial charge in [-0.15, -0.1) is 5.10 Å². The van der Waals surface area contributed by atoms with Crippen molar-refractivity contribution in [3.05, 3.63) is 30.6 Å². The standard InChI is InChI=1S/C41H65N7O9/c1-12-32-41(8)35(48(39(52)57-41)19-15-18-47-23-30(44-45-47)29-16-13-14-17-42-29)28(6)43-22-24(2)21-40(7,53-11)36(26(4)33(49)27(5)37(51)55-32)56-38-34(50)31(46(9)10)20-25(3)54-38/h13-14,16-17,23-28,31-32,34-36,38,43,50H,12,15,18-22H2,1-11H3/t24-,25-,26-,27-,28-,31?,32-,34?,35-,36-,38+,40-,41-/m1/s1. The van der Waals surface area contributed by atoms with E-state index in [-0.39, 0.29) is 24.1 Å². The zero-order valence-electron chi connectivity index (χ0n) is 35.6. The minimum Gasteiger partial charge on any atom is -0.458 e. The number of fused-ring (bicyclic) bond motifs is 1. The number of carbonyl (C=O) groups excluding carboxylic acids is 3. The van der Waals surface area contributed by atoms with E-state index in [9.17, 15) is 19.5 Å². The van der Waals surface area contributed by atoms with Crippen LogP contribution in [0.4, 0.5) is 4.79 Å². The van der Waals surface area contributed by atoms with Gasteiger partial charge in [-0.2, -0.15) is 0 Å². The number of carbonyl (C=O) groups is 3. The fraction of sp³-hybridized carbons (Fsp3) is 0.756. The lowest BCUT2D eigenvalue weighted by atomic mass is 9.78. The van der Waals surface area contributed by atoms with Crippen LogP contribution < -0.4 is 5.32 Å². The smallest absolute Gasteiger partial charge is 0.410 e. The largest absolute Gasteiger partial charge is 0.458 e. The van der Waals surface area contributed by atoms with Crippen LogP contribution in [0.2, 0.25) is 0 Å². The molecule has 0 bridgehead atoms. The number of nitrogens with one attached hydrogen (secondary N) is 1. The zero-order chi connectivity index (χ0) is 41.8. The Balaban J connectivity index is 1.41. The first-order valence-electron chi connectivity index (χ1n) is 20.4. The molecule has 5 rings (SSSR count). The Kier molecular flexibility index (Phi) is 14.5. The highest BCUT2D eigenvalue weighted by atomic mass is 16.7. The van der Waals surface area contributed by atoms with E-state index in [1.165, 1.54) is 6.92 Å². The molecule has 0 radical (unpaired) electrons. The van der Waals surface area contributed by atoms with Gasteiger partial charge in [-0.1, -0.05) is 32.1 Å². The van der Waals surface area contributed by atoms with Crippen LogP contribution in [0.5, 0.6) is 0 Å². The monoisotopic (exact) mass is 799 g/mol. The second-order valence-electron chi connectivity index (χ2n) is 17.0. The van der Waals surface area contributed by atoms with Gasteiger partial charge in [-0.05, 0) is 99.0 Å². The molecule has 2 aromatic rings. The molecule has 1 amide bonds. The van der Waals surface area contributed by atoms with Gasteiger partial charge >= 0.3 is 12.1 Å². The Morgan fingerprint density at radius 3 is 2.46 bits per heavy atom. The molecule has 0 aromatic carbocycles. The maximum atomic E-state index is 14.4. The summed E-state index contributed by atoms with van der Waals surface area (Å²) in [6, 6.07) is 4.53. The number of cyclic esters (lactones) is 1. The number of aliphatic hydroxyl groups excluding tert-OH is 1. The number of ketones is 1. The van der Waals surface area contributed by atoms with Gasteiger partial charge in [0.05, 0.1) is 35.7 Å². The molecule has 318 valence electrons. The van der Waals surface area contributed by atoms with E-state index in [0.29, 0.717) is 51.0 Å². The summed E-state index contributed by atoms with van der Waals surface area (Å²) in [5.74, 6) is -3.18. The summed E-state index contributed by atoms with van der Waals surface area (Å²) in [6.45, 7) is 16.2. The summed E-state index contributed by atoms with van der Waals surface area (Å²) in [7, 11) is 5.39. The van der Waals surface area contributed by atoms with Gasteiger partial charge in [-0.3, -0.25) is 24.2 Å². The first-order valence-corrected chi connectivity index (χ1v) is 20.4. The highest BCUT2D eigenvalue weighted by Crippen LogP contribution is 2.40. The first-order chi connectivity index (χ1) is 26.9. The van der Waals surface area contributed by atoms with E-state index < -0.39 is 71.5 Å². The van der Waals surface area contributed by atoms with Crippen LogP contribution in [-0.4, -0.2) is 147 Å². The molecule has 57 heavy (non-hydrogen) atoms. The molecule has 3 fully saturated rings. The number of rotatable bonds is 10. The number of aromatic nitrogens is 4. The predicted octanol–water partition coefficient (Wildman–Crippen LogP) is 3.71. The molecule has 3 aliphatic heterocycles. The van der Waals surface area contributed by atoms with Gasteiger partial charge in [0, 0.05) is 44.4 Å². The number of hydrogen-bond donors (Lipinski definition) is 2. The maximum Gasteiger partial charge on any atom is 0.410 e. The summed E-state index contributed by atoms with van der Waals surface area (Å²) >= 11 is 0. The van der Waals surface area contributed by atoms with Gasteiger partial charge in [0.15, 0.2) is 17.7 Å². The van der Waals surface area contributed by atoms with Crippen molar-refractivity contribution in [3.8, 4) is 11.4 Å². The van der Waals surface area contributed by atoms with Crippen LogP contribution in [0, 0.1) is 17.8 Å². The Labute approximate surface area is 337 Å². The Bertz CT molecular complexity index is 1660. The number of esters is 1. The van der Waals surface area contributed by atoms with Crippen molar-refractivity contribution in [3.63, 3.8) is 0 Å². The number of aliphatic hydroxyl groups is 1. The van der Waals surface area contributed by atoms with Crippen molar-refractivity contribution in [2.75, 3.05) is 34.3 Å². The SMILES string of the molecule is CC[C@H]1OC(=O)[C@H](C)C(=O)[C@@H](C)[C@@H](O[C@@H]2O[C@H](C)CC(N(C)C)C2O)[C@](C)(OC)C[C@@H](C)CN[C@H](C)[C@H]2N(CCCn3cc(-c4ccccn4)nn3)C(=O)O[C@]12C. The van der Waals surface area contributed by atoms with Crippen molar-refractivity contribution < 1.29 is 43.2 Å². The molecule has 5 heterocycles. The predicted molar refractivity (Wildman–Crippen MR) is 211 cm³/mol. The molecule has 3 aliphatic rings. The van der Waals surface area contributed by atoms with Gasteiger partial charge in [0.1, 0.15) is 23.8 Å². The fourth-order valence-corrected chi connectivity index (χ4v) is 9.10. The third-order valence-corrected chi connectivity index (χ3v) is 12.3. The van der Waals surface area contributed by atoms with E-state index in [1.807, 2.05) is 78.0 Å². The summed E-state index contributed by atoms with van der Waals surface area (Å²) in [6.07, 6.45) is 0.990. The topological polar surface area (TPSA) is 180 Å². The lowest BCUT2D eigenvalue weighted by Crippen LogP contribution is -2.61. The average Bonchev–Trinajstić information content (AvgIpc) is 3.76. The maximum absolute atomic E-state index is 14.4. The quantitative estimate of drug-likeness (QED) is 0.262. The Hall–Kier alpha value is -3.54. The van der Waals surface area contributed by atoms with E-state index >= 15 is 0 Å². The van der Waals surface area contributed by atoms with E-state index in [4.69, 9.17) is 23.7 Å². The number of ether oxygens (including phenoxy) is 5. The molecule has 2 unspecified atom stereocenters. The zero-order valence-corrected chi connectivity index (χ0v) is 35.6. The number of hydrogen-bond acceptors (Lipinski definition) is 14. The lowest BCUT2D eigenvalue weighted by Gasteiger charge is -2.46. The molecule has 0 aliphatic carbocycles. The molecule has 16 heteroatoms. The minimum atomic E-state index is -1.24. The Morgan fingerprint density at radius 2 is 1.81 bits per heavy atom. The summed E-state index contributed by atoms with van der Waals surface area (Å²) in [5, 5.41) is 23.6. The Morgan fingerprint density at radius 1 is 1.07 bits per heavy atom. The van der Waals surface area contributed by atoms with Crippen LogP contribution in [0.3, 0.4) is 0 Å². The van der Waals surface area contributed by atoms with Gasteiger partial charge < -0.3 is 39.0 Å². The number of pyridine rings is 1. The number of likely N-dealkylation sites (N-methyl/N-ethyl adjacent to an activating group) is 1. The van der Waals surface area contributed by atoms with Gasteiger partial charge in [0.2, 0.25) is 0 Å². The summed E-state index contributed by atoms with van der Waals surface area (Å²) < 4.78 is 33.2. The van der Waals surface area contributed by atoms with Gasteiger partial charge in [-0.25, -0.2) is 4.79 Å². The molecule has 0 spiro atoms. The summed E-state index contributed by atoms with van der Waals surface area (Å²) in [4.78, 5) is 50.2. The van der Waals surface area contributed by atoms with Crippen molar-refractivity contribution in [2.45, 2.75) is 148 Å². The van der Waals surface area contributed by atoms with Gasteiger partial charge in [0.25, 0.3) is 0 Å². The molecule has 16 nitrogen and oxygen atoms in total. The van der Waals surface area contributed by atoms with Crippen LogP contribution in [0.15, 0.2) is 30.6 Å². The van der Waals surface area contributed by atoms with Crippen molar-refractivity contribution in [1.29, 1.82) is 0 Å². The molecular weight excluding hydrogens is 734 g/mol. The lowest BCUT2D eigenvalue weighted by molar-refractivity contribution is -0.295. The molecule has 2 N–H and O–H groups in total. The van der Waals surface area contributed by atoms with E-state index in [0.717, 1.165) is 5.69 Å². The molecular formula is C41H65N7O9. The third kappa shape index (κ3) is 9.68. The third-order valence-electron chi connectivity index (χ3n) is 12.3. The van der Waals surface area contributed by atoms with Crippen molar-refractivity contribution in [1.82, 2.24) is 35.1 Å². The number of amides is 1. The highest BCUT2D eigenvalue weighted by molar-refractivity contribution is 6.00. The summed E-state index contributed by atoms with van der Waals surface area (Å²) in [5.41, 5.74) is -0.915. The number of Topliss-reactive ketones (excluding diaryl/α,β-unsaturated/α-hetero) is 1. The van der Waals surface area contributed by atoms with Crippen LogP contribution in [0.1, 0.15) is 81.1 Å². The molecule has 13 atom stereocenters. The van der Waals surface area contributed by atoms with Crippen molar-refractivity contribution >= 4 is 17.8 Å².